The lowest BCUT2D eigenvalue weighted by Gasteiger charge is -2.09. The normalized spacial score (nSPS) is 10.4. The van der Waals surface area contributed by atoms with Gasteiger partial charge in [-0.15, -0.1) is 0 Å². The fraction of sp³-hybridized carbons (Fsp3) is 0.235. The van der Waals surface area contributed by atoms with Crippen LogP contribution in [0.3, 0.4) is 0 Å². The van der Waals surface area contributed by atoms with Crippen LogP contribution in [0, 0.1) is 0 Å². The maximum atomic E-state index is 12.1. The highest BCUT2D eigenvalue weighted by atomic mass is 79.9. The predicted molar refractivity (Wildman–Crippen MR) is 94.4 cm³/mol. The molecule has 2 rings (SSSR count). The van der Waals surface area contributed by atoms with Gasteiger partial charge < -0.3 is 19.8 Å². The van der Waals surface area contributed by atoms with Crippen LogP contribution in [-0.2, 0) is 9.53 Å². The van der Waals surface area contributed by atoms with Crippen LogP contribution >= 0.6 is 15.9 Å². The van der Waals surface area contributed by atoms with E-state index < -0.39 is 17.8 Å². The standard InChI is InChI=1S/C17H17BrN2O5/c1-10(2)24-15(21)9-19-16(22)11-4-3-5-12(8-11)20-17(23)13-6-7-14(18)25-13/h3-8,10H,9H2,1-2H3,(H,19,22)(H,20,23). The van der Waals surface area contributed by atoms with Crippen molar-refractivity contribution in [2.24, 2.45) is 0 Å². The summed E-state index contributed by atoms with van der Waals surface area (Å²) >= 11 is 3.12. The number of halogens is 1. The topological polar surface area (TPSA) is 97.6 Å². The Morgan fingerprint density at radius 3 is 2.56 bits per heavy atom. The highest BCUT2D eigenvalue weighted by Crippen LogP contribution is 2.17. The molecule has 1 aromatic heterocycles. The van der Waals surface area contributed by atoms with E-state index in [1.54, 1.807) is 38.1 Å². The molecular formula is C17H17BrN2O5. The molecule has 0 aliphatic heterocycles. The van der Waals surface area contributed by atoms with Crippen LogP contribution in [0.4, 0.5) is 5.69 Å². The molecule has 0 bridgehead atoms. The second-order valence-corrected chi connectivity index (χ2v) is 6.14. The third-order valence-corrected chi connectivity index (χ3v) is 3.37. The molecule has 0 fully saturated rings. The van der Waals surface area contributed by atoms with Crippen molar-refractivity contribution in [2.45, 2.75) is 20.0 Å². The number of hydrogen-bond donors (Lipinski definition) is 2. The van der Waals surface area contributed by atoms with E-state index in [1.165, 1.54) is 12.1 Å². The number of esters is 1. The van der Waals surface area contributed by atoms with Crippen LogP contribution in [0.5, 0.6) is 0 Å². The highest BCUT2D eigenvalue weighted by molar-refractivity contribution is 9.10. The Hall–Kier alpha value is -2.61. The Balaban J connectivity index is 1.97. The van der Waals surface area contributed by atoms with Gasteiger partial charge in [-0.3, -0.25) is 14.4 Å². The van der Waals surface area contributed by atoms with Gasteiger partial charge in [-0.05, 0) is 60.1 Å². The summed E-state index contributed by atoms with van der Waals surface area (Å²) in [5.74, 6) is -1.27. The zero-order chi connectivity index (χ0) is 18.4. The Kier molecular flexibility index (Phi) is 6.35. The van der Waals surface area contributed by atoms with Crippen molar-refractivity contribution in [3.8, 4) is 0 Å². The number of amides is 2. The van der Waals surface area contributed by atoms with Crippen molar-refractivity contribution in [1.29, 1.82) is 0 Å². The number of hydrogen-bond acceptors (Lipinski definition) is 5. The predicted octanol–water partition coefficient (Wildman–Crippen LogP) is 2.98. The maximum Gasteiger partial charge on any atom is 0.325 e. The molecule has 0 atom stereocenters. The summed E-state index contributed by atoms with van der Waals surface area (Å²) in [6.45, 7) is 3.22. The summed E-state index contributed by atoms with van der Waals surface area (Å²) in [7, 11) is 0. The molecule has 2 aromatic rings. The first-order chi connectivity index (χ1) is 11.8. The van der Waals surface area contributed by atoms with Gasteiger partial charge in [-0.25, -0.2) is 0 Å². The van der Waals surface area contributed by atoms with E-state index in [2.05, 4.69) is 26.6 Å². The number of benzene rings is 1. The summed E-state index contributed by atoms with van der Waals surface area (Å²) in [5, 5.41) is 5.10. The molecule has 2 amide bonds. The molecule has 2 N–H and O–H groups in total. The quantitative estimate of drug-likeness (QED) is 0.715. The van der Waals surface area contributed by atoms with Crippen LogP contribution in [0.1, 0.15) is 34.8 Å². The van der Waals surface area contributed by atoms with Gasteiger partial charge in [0.1, 0.15) is 6.54 Å². The van der Waals surface area contributed by atoms with Crippen molar-refractivity contribution >= 4 is 39.4 Å². The lowest BCUT2D eigenvalue weighted by molar-refractivity contribution is -0.146. The zero-order valence-corrected chi connectivity index (χ0v) is 15.3. The average Bonchev–Trinajstić information content (AvgIpc) is 2.99. The number of nitrogens with one attached hydrogen (secondary N) is 2. The number of carbonyl (C=O) groups is 3. The lowest BCUT2D eigenvalue weighted by Crippen LogP contribution is -2.31. The van der Waals surface area contributed by atoms with Crippen LogP contribution in [0.25, 0.3) is 0 Å². The van der Waals surface area contributed by atoms with E-state index >= 15 is 0 Å². The fourth-order valence-electron chi connectivity index (χ4n) is 1.93. The minimum Gasteiger partial charge on any atom is -0.462 e. The van der Waals surface area contributed by atoms with Gasteiger partial charge >= 0.3 is 5.97 Å². The van der Waals surface area contributed by atoms with Crippen molar-refractivity contribution in [1.82, 2.24) is 5.32 Å². The molecule has 0 unspecified atom stereocenters. The molecule has 0 saturated heterocycles. The molecule has 0 aliphatic rings. The number of carbonyl (C=O) groups excluding carboxylic acids is 3. The van der Waals surface area contributed by atoms with Crippen molar-refractivity contribution in [3.05, 3.63) is 52.4 Å². The first-order valence-corrected chi connectivity index (χ1v) is 8.29. The summed E-state index contributed by atoms with van der Waals surface area (Å²) in [5.41, 5.74) is 0.728. The number of furan rings is 1. The third kappa shape index (κ3) is 5.75. The second-order valence-electron chi connectivity index (χ2n) is 5.36. The molecule has 0 spiro atoms. The van der Waals surface area contributed by atoms with Crippen LogP contribution < -0.4 is 10.6 Å². The Labute approximate surface area is 152 Å². The van der Waals surface area contributed by atoms with Gasteiger partial charge in [0.25, 0.3) is 11.8 Å². The van der Waals surface area contributed by atoms with E-state index in [0.717, 1.165) is 0 Å². The summed E-state index contributed by atoms with van der Waals surface area (Å²) < 4.78 is 10.5. The Morgan fingerprint density at radius 2 is 1.92 bits per heavy atom. The minimum absolute atomic E-state index is 0.137. The third-order valence-electron chi connectivity index (χ3n) is 2.94. The van der Waals surface area contributed by atoms with Crippen LogP contribution in [0.2, 0.25) is 0 Å². The largest absolute Gasteiger partial charge is 0.462 e. The van der Waals surface area contributed by atoms with Crippen LogP contribution in [0.15, 0.2) is 45.5 Å². The van der Waals surface area contributed by atoms with Gasteiger partial charge in [-0.2, -0.15) is 0 Å². The minimum atomic E-state index is -0.517. The lowest BCUT2D eigenvalue weighted by atomic mass is 10.2. The van der Waals surface area contributed by atoms with Crippen molar-refractivity contribution < 1.29 is 23.5 Å². The summed E-state index contributed by atoms with van der Waals surface area (Å²) in [4.78, 5) is 35.6. The van der Waals surface area contributed by atoms with Gasteiger partial charge in [-0.1, -0.05) is 6.07 Å². The molecule has 0 saturated carbocycles. The number of anilines is 1. The molecule has 8 heteroatoms. The monoisotopic (exact) mass is 408 g/mol. The van der Waals surface area contributed by atoms with E-state index in [9.17, 15) is 14.4 Å². The molecule has 1 heterocycles. The average molecular weight is 409 g/mol. The Bertz CT molecular complexity index is 785. The highest BCUT2D eigenvalue weighted by Gasteiger charge is 2.13. The number of ether oxygens (including phenoxy) is 1. The van der Waals surface area contributed by atoms with Crippen molar-refractivity contribution in [2.75, 3.05) is 11.9 Å². The molecule has 1 aromatic carbocycles. The molecule has 132 valence electrons. The Morgan fingerprint density at radius 1 is 1.16 bits per heavy atom. The SMILES string of the molecule is CC(C)OC(=O)CNC(=O)c1cccc(NC(=O)c2ccc(Br)o2)c1. The van der Waals surface area contributed by atoms with Gasteiger partial charge in [0.2, 0.25) is 0 Å². The molecule has 0 radical (unpaired) electrons. The first kappa shape index (κ1) is 18.7. The van der Waals surface area contributed by atoms with E-state index in [1.807, 2.05) is 0 Å². The maximum absolute atomic E-state index is 12.1. The van der Waals surface area contributed by atoms with Gasteiger partial charge in [0.05, 0.1) is 6.10 Å². The fourth-order valence-corrected chi connectivity index (χ4v) is 2.23. The molecule has 7 nitrogen and oxygen atoms in total. The van der Waals surface area contributed by atoms with Gasteiger partial charge in [0, 0.05) is 11.3 Å². The smallest absolute Gasteiger partial charge is 0.325 e. The first-order valence-electron chi connectivity index (χ1n) is 7.49. The second kappa shape index (κ2) is 8.48. The van der Waals surface area contributed by atoms with Gasteiger partial charge in [0.15, 0.2) is 10.4 Å². The van der Waals surface area contributed by atoms with E-state index in [4.69, 9.17) is 9.15 Å². The molecule has 0 aliphatic carbocycles. The van der Waals surface area contributed by atoms with Crippen LogP contribution in [-0.4, -0.2) is 30.4 Å². The summed E-state index contributed by atoms with van der Waals surface area (Å²) in [6, 6.07) is 9.46. The molecular weight excluding hydrogens is 392 g/mol. The molecule has 25 heavy (non-hydrogen) atoms. The van der Waals surface area contributed by atoms with E-state index in [0.29, 0.717) is 15.9 Å². The van der Waals surface area contributed by atoms with E-state index in [-0.39, 0.29) is 18.4 Å². The number of rotatable bonds is 6. The summed E-state index contributed by atoms with van der Waals surface area (Å²) in [6.07, 6.45) is -0.246. The van der Waals surface area contributed by atoms with Crippen molar-refractivity contribution in [3.63, 3.8) is 0 Å². The zero-order valence-electron chi connectivity index (χ0n) is 13.7.